The molecule has 0 aromatic heterocycles. The van der Waals surface area contributed by atoms with Crippen molar-refractivity contribution in [2.24, 2.45) is 0 Å². The summed E-state index contributed by atoms with van der Waals surface area (Å²) in [4.78, 5) is 0. The van der Waals surface area contributed by atoms with Crippen molar-refractivity contribution in [3.63, 3.8) is 0 Å². The normalized spacial score (nSPS) is 14.7. The predicted octanol–water partition coefficient (Wildman–Crippen LogP) is 17.9. The highest BCUT2D eigenvalue weighted by atomic mass is 14.4. The minimum Gasteiger partial charge on any atom is -0.0622 e. The topological polar surface area (TPSA) is 0 Å². The minimum absolute atomic E-state index is 0.154. The van der Waals surface area contributed by atoms with Crippen molar-refractivity contribution in [2.45, 2.75) is 83.0 Å². The Labute approximate surface area is 409 Å². The molecule has 2 aliphatic carbocycles. The first-order valence-electron chi connectivity index (χ1n) is 25.4. The number of hydrogen-bond donors (Lipinski definition) is 0. The summed E-state index contributed by atoms with van der Waals surface area (Å²) < 4.78 is 0. The predicted molar refractivity (Wildman–Crippen MR) is 293 cm³/mol. The van der Waals surface area contributed by atoms with E-state index < -0.39 is 0 Å². The zero-order valence-electron chi connectivity index (χ0n) is 40.5. The van der Waals surface area contributed by atoms with E-state index in [0.717, 1.165) is 32.1 Å². The molecule has 0 aliphatic heterocycles. The molecule has 10 aromatic rings. The smallest absolute Gasteiger partial charge is 0.0159 e. The van der Waals surface area contributed by atoms with Crippen LogP contribution >= 0.6 is 0 Å². The van der Waals surface area contributed by atoms with Gasteiger partial charge in [-0.05, 0) is 167 Å². The van der Waals surface area contributed by atoms with E-state index in [0.29, 0.717) is 17.8 Å². The second-order valence-corrected chi connectivity index (χ2v) is 20.7. The highest BCUT2D eigenvalue weighted by molar-refractivity contribution is 6.04. The van der Waals surface area contributed by atoms with Crippen LogP contribution in [-0.4, -0.2) is 0 Å². The molecule has 0 heteroatoms. The quantitative estimate of drug-likeness (QED) is 0.121. The molecule has 0 N–H and O–H groups in total. The van der Waals surface area contributed by atoms with Gasteiger partial charge in [0.2, 0.25) is 0 Å². The molecule has 0 fully saturated rings. The van der Waals surface area contributed by atoms with Gasteiger partial charge in [0.25, 0.3) is 0 Å². The maximum Gasteiger partial charge on any atom is 0.0159 e. The lowest BCUT2D eigenvalue weighted by Crippen LogP contribution is -2.17. The number of rotatable bonds is 11. The summed E-state index contributed by atoms with van der Waals surface area (Å²) >= 11 is 0. The summed E-state index contributed by atoms with van der Waals surface area (Å²) in [6.07, 6.45) is 5.22. The molecule has 336 valence electrons. The van der Waals surface area contributed by atoms with Gasteiger partial charge in [0.05, 0.1) is 0 Å². The second-order valence-electron chi connectivity index (χ2n) is 20.7. The summed E-state index contributed by atoms with van der Waals surface area (Å²) in [5.41, 5.74) is 23.8. The van der Waals surface area contributed by atoms with Crippen molar-refractivity contribution in [3.05, 3.63) is 274 Å². The van der Waals surface area contributed by atoms with Gasteiger partial charge >= 0.3 is 0 Å². The van der Waals surface area contributed by atoms with Crippen LogP contribution in [0.3, 0.4) is 0 Å². The SMILES string of the molecule is Cc1ccc(-c2cccc3ccccc23)cc1CC(c1ccccc1)C(C)c1ccc2c(c1)C(C)(C)c1cc(CCC(c3ccccc3)c3ccc4c(c3)CCc3ccccc3-4)c3ccccc3c1-2. The highest BCUT2D eigenvalue weighted by Crippen LogP contribution is 2.53. The molecule has 0 spiro atoms. The molecule has 2 aliphatic rings. The van der Waals surface area contributed by atoms with Crippen molar-refractivity contribution >= 4 is 21.5 Å². The van der Waals surface area contributed by atoms with Gasteiger partial charge in [-0.25, -0.2) is 0 Å². The maximum atomic E-state index is 2.60. The van der Waals surface area contributed by atoms with Gasteiger partial charge in [-0.2, -0.15) is 0 Å². The van der Waals surface area contributed by atoms with Gasteiger partial charge in [0.1, 0.15) is 0 Å². The van der Waals surface area contributed by atoms with Crippen LogP contribution in [0.2, 0.25) is 0 Å². The minimum atomic E-state index is -0.154. The number of hydrogen-bond acceptors (Lipinski definition) is 0. The van der Waals surface area contributed by atoms with E-state index in [2.05, 4.69) is 240 Å². The van der Waals surface area contributed by atoms with Crippen LogP contribution < -0.4 is 0 Å². The Hall–Kier alpha value is -7.28. The average molecular weight is 889 g/mol. The molecule has 0 amide bonds. The van der Waals surface area contributed by atoms with Crippen molar-refractivity contribution in [1.29, 1.82) is 0 Å². The molecule has 0 saturated carbocycles. The van der Waals surface area contributed by atoms with Crippen molar-refractivity contribution in [2.75, 3.05) is 0 Å². The van der Waals surface area contributed by atoms with E-state index in [4.69, 9.17) is 0 Å². The van der Waals surface area contributed by atoms with E-state index in [1.807, 2.05) is 0 Å². The van der Waals surface area contributed by atoms with E-state index in [1.54, 1.807) is 0 Å². The molecule has 69 heavy (non-hydrogen) atoms. The molecule has 12 rings (SSSR count). The van der Waals surface area contributed by atoms with Gasteiger partial charge in [-0.3, -0.25) is 0 Å². The first kappa shape index (κ1) is 43.0. The monoisotopic (exact) mass is 888 g/mol. The fourth-order valence-electron chi connectivity index (χ4n) is 12.5. The first-order valence-corrected chi connectivity index (χ1v) is 25.4. The molecule has 0 heterocycles. The van der Waals surface area contributed by atoms with Gasteiger partial charge in [-0.1, -0.05) is 233 Å². The molecule has 0 saturated heterocycles. The summed E-state index contributed by atoms with van der Waals surface area (Å²) in [6, 6.07) is 80.8. The maximum absolute atomic E-state index is 2.60. The molecule has 0 nitrogen and oxygen atoms in total. The molecule has 10 aromatic carbocycles. The van der Waals surface area contributed by atoms with Crippen LogP contribution in [0.1, 0.15) is 106 Å². The molecule has 3 unspecified atom stereocenters. The van der Waals surface area contributed by atoms with Crippen LogP contribution in [0.15, 0.2) is 212 Å². The van der Waals surface area contributed by atoms with Crippen molar-refractivity contribution in [3.8, 4) is 33.4 Å². The third kappa shape index (κ3) is 7.72. The molecule has 0 bridgehead atoms. The first-order chi connectivity index (χ1) is 33.8. The second kappa shape index (κ2) is 17.7. The van der Waals surface area contributed by atoms with Crippen LogP contribution in [0.5, 0.6) is 0 Å². The fraction of sp³-hybridized carbons (Fsp3) is 0.188. The average Bonchev–Trinajstić information content (AvgIpc) is 3.63. The Morgan fingerprint density at radius 2 is 1.09 bits per heavy atom. The lowest BCUT2D eigenvalue weighted by atomic mass is 9.76. The molecular formula is C69H60. The largest absolute Gasteiger partial charge is 0.0622 e. The van der Waals surface area contributed by atoms with Crippen LogP contribution in [0, 0.1) is 6.92 Å². The summed E-state index contributed by atoms with van der Waals surface area (Å²) in [5, 5.41) is 5.35. The molecule has 0 radical (unpaired) electrons. The molecular weight excluding hydrogens is 829 g/mol. The lowest BCUT2D eigenvalue weighted by Gasteiger charge is -2.28. The van der Waals surface area contributed by atoms with E-state index >= 15 is 0 Å². The zero-order chi connectivity index (χ0) is 46.6. The Balaban J connectivity index is 0.879. The van der Waals surface area contributed by atoms with Gasteiger partial charge in [0, 0.05) is 11.3 Å². The van der Waals surface area contributed by atoms with Crippen LogP contribution in [-0.2, 0) is 31.1 Å². The lowest BCUT2D eigenvalue weighted by molar-refractivity contribution is 0.568. The molecule has 3 atom stereocenters. The number of fused-ring (bicyclic) bond motifs is 9. The van der Waals surface area contributed by atoms with Gasteiger partial charge < -0.3 is 0 Å². The summed E-state index contributed by atoms with van der Waals surface area (Å²) in [5.74, 6) is 0.892. The van der Waals surface area contributed by atoms with Crippen molar-refractivity contribution in [1.82, 2.24) is 0 Å². The van der Waals surface area contributed by atoms with E-state index in [1.165, 1.54) is 116 Å². The van der Waals surface area contributed by atoms with Gasteiger partial charge in [-0.15, -0.1) is 0 Å². The van der Waals surface area contributed by atoms with Crippen molar-refractivity contribution < 1.29 is 0 Å². The standard InChI is InChI=1S/C69H60/c1-45-30-31-53(60-29-17-24-48-22-11-13-25-58(48)60)41-56(45)42-65(49-20-9-6-10-21-49)46(2)51-34-39-64-66(43-51)69(3,4)67-44-55(61-27-15-16-28-63(61)68(64)67)35-37-57(47-18-7-5-8-19-47)52-36-38-62-54(40-52)33-32-50-23-12-14-26-59(50)62/h5-31,34,36,38-41,43-44,46,57,65H,32-33,35,37,42H2,1-4H3. The van der Waals surface area contributed by atoms with E-state index in [9.17, 15) is 0 Å². The fourth-order valence-corrected chi connectivity index (χ4v) is 12.5. The Bertz CT molecular complexity index is 3530. The summed E-state index contributed by atoms with van der Waals surface area (Å²) in [7, 11) is 0. The Morgan fingerprint density at radius 1 is 0.449 bits per heavy atom. The van der Waals surface area contributed by atoms with Crippen LogP contribution in [0.4, 0.5) is 0 Å². The highest BCUT2D eigenvalue weighted by Gasteiger charge is 2.38. The third-order valence-electron chi connectivity index (χ3n) is 16.4. The zero-order valence-corrected chi connectivity index (χ0v) is 40.5. The van der Waals surface area contributed by atoms with Gasteiger partial charge in [0.15, 0.2) is 0 Å². The Morgan fingerprint density at radius 3 is 1.91 bits per heavy atom. The van der Waals surface area contributed by atoms with Crippen LogP contribution in [0.25, 0.3) is 54.9 Å². The number of benzene rings is 10. The Kier molecular flexibility index (Phi) is 11.0. The third-order valence-corrected chi connectivity index (χ3v) is 16.4. The summed E-state index contributed by atoms with van der Waals surface area (Å²) in [6.45, 7) is 9.70. The van der Waals surface area contributed by atoms with E-state index in [-0.39, 0.29) is 5.41 Å². The number of aryl methyl sites for hydroxylation is 4.